The van der Waals surface area contributed by atoms with Gasteiger partial charge in [0.1, 0.15) is 22.7 Å². The molecule has 1 fully saturated rings. The van der Waals surface area contributed by atoms with Crippen molar-refractivity contribution in [3.05, 3.63) is 33.7 Å². The largest absolute Gasteiger partial charge is 0.490 e. The number of benzene rings is 1. The summed E-state index contributed by atoms with van der Waals surface area (Å²) in [5.41, 5.74) is 3.05. The normalized spacial score (nSPS) is 21.7. The van der Waals surface area contributed by atoms with Crippen LogP contribution in [0, 0.1) is 6.92 Å². The molecule has 0 bridgehead atoms. The Bertz CT molecular complexity index is 757. The van der Waals surface area contributed by atoms with E-state index in [0.717, 1.165) is 45.5 Å². The van der Waals surface area contributed by atoms with Crippen LogP contribution in [-0.2, 0) is 16.0 Å². The summed E-state index contributed by atoms with van der Waals surface area (Å²) in [4.78, 5) is 24.7. The Morgan fingerprint density at radius 2 is 2.30 bits per heavy atom. The second-order valence-corrected chi connectivity index (χ2v) is 7.30. The first-order valence-corrected chi connectivity index (χ1v) is 8.35. The molecule has 1 N–H and O–H groups in total. The van der Waals surface area contributed by atoms with Gasteiger partial charge in [-0.2, -0.15) is 0 Å². The molecule has 23 heavy (non-hydrogen) atoms. The van der Waals surface area contributed by atoms with Crippen LogP contribution in [0.5, 0.6) is 5.75 Å². The lowest BCUT2D eigenvalue weighted by molar-refractivity contribution is -0.140. The standard InChI is InChI=1S/C16H15NO4S2/c1-8-3-10(5-11-4-9(2)21-14(8)11)6-12-15(20)17(7-13(18)19)16(22)23-12/h3,5-6,9H,4,7H2,1-2H3,(H,18,19). The molecular weight excluding hydrogens is 334 g/mol. The summed E-state index contributed by atoms with van der Waals surface area (Å²) in [6, 6.07) is 3.97. The van der Waals surface area contributed by atoms with Crippen molar-refractivity contribution in [2.75, 3.05) is 6.54 Å². The molecule has 120 valence electrons. The third kappa shape index (κ3) is 3.11. The van der Waals surface area contributed by atoms with Gasteiger partial charge in [0, 0.05) is 6.42 Å². The highest BCUT2D eigenvalue weighted by Crippen LogP contribution is 2.36. The minimum Gasteiger partial charge on any atom is -0.490 e. The van der Waals surface area contributed by atoms with Crippen LogP contribution in [0.3, 0.4) is 0 Å². The first-order chi connectivity index (χ1) is 10.8. The molecule has 2 heterocycles. The molecule has 1 unspecified atom stereocenters. The number of hydrogen-bond acceptors (Lipinski definition) is 5. The van der Waals surface area contributed by atoms with Crippen LogP contribution in [0.1, 0.15) is 23.6 Å². The molecule has 0 saturated carbocycles. The van der Waals surface area contributed by atoms with Crippen molar-refractivity contribution >= 4 is 46.3 Å². The number of carboxylic acids is 1. The van der Waals surface area contributed by atoms with Crippen molar-refractivity contribution in [2.24, 2.45) is 0 Å². The van der Waals surface area contributed by atoms with Gasteiger partial charge in [0.25, 0.3) is 5.91 Å². The monoisotopic (exact) mass is 349 g/mol. The zero-order valence-electron chi connectivity index (χ0n) is 12.7. The fourth-order valence-corrected chi connectivity index (χ4v) is 4.01. The number of fused-ring (bicyclic) bond motifs is 1. The maximum atomic E-state index is 12.3. The number of aliphatic carboxylic acids is 1. The highest BCUT2D eigenvalue weighted by Gasteiger charge is 2.33. The third-order valence-electron chi connectivity index (χ3n) is 3.67. The molecule has 1 aromatic rings. The molecule has 0 spiro atoms. The van der Waals surface area contributed by atoms with Gasteiger partial charge in [0.15, 0.2) is 0 Å². The third-order valence-corrected chi connectivity index (χ3v) is 5.04. The molecule has 0 aromatic heterocycles. The Balaban J connectivity index is 1.90. The number of amides is 1. The van der Waals surface area contributed by atoms with Crippen LogP contribution in [0.15, 0.2) is 17.0 Å². The lowest BCUT2D eigenvalue weighted by Crippen LogP contribution is -2.33. The van der Waals surface area contributed by atoms with E-state index in [2.05, 4.69) is 0 Å². The first-order valence-electron chi connectivity index (χ1n) is 7.12. The molecule has 2 aliphatic heterocycles. The molecule has 0 radical (unpaired) electrons. The van der Waals surface area contributed by atoms with E-state index in [9.17, 15) is 9.59 Å². The average Bonchev–Trinajstić information content (AvgIpc) is 2.94. The summed E-state index contributed by atoms with van der Waals surface area (Å²) in [5, 5.41) is 8.86. The van der Waals surface area contributed by atoms with Crippen LogP contribution < -0.4 is 4.74 Å². The zero-order valence-corrected chi connectivity index (χ0v) is 14.3. The highest BCUT2D eigenvalue weighted by molar-refractivity contribution is 8.26. The van der Waals surface area contributed by atoms with E-state index < -0.39 is 12.5 Å². The summed E-state index contributed by atoms with van der Waals surface area (Å²) in [6.07, 6.45) is 2.77. The average molecular weight is 349 g/mol. The molecule has 1 amide bonds. The fraction of sp³-hybridized carbons (Fsp3) is 0.312. The molecule has 5 nitrogen and oxygen atoms in total. The summed E-state index contributed by atoms with van der Waals surface area (Å²) < 4.78 is 6.05. The molecule has 2 aliphatic rings. The Hall–Kier alpha value is -1.86. The number of rotatable bonds is 3. The second kappa shape index (κ2) is 5.98. The van der Waals surface area contributed by atoms with E-state index in [4.69, 9.17) is 22.1 Å². The lowest BCUT2D eigenvalue weighted by atomic mass is 10.0. The maximum Gasteiger partial charge on any atom is 0.323 e. The van der Waals surface area contributed by atoms with Crippen LogP contribution >= 0.6 is 24.0 Å². The van der Waals surface area contributed by atoms with Crippen molar-refractivity contribution < 1.29 is 19.4 Å². The predicted molar refractivity (Wildman–Crippen MR) is 92.5 cm³/mol. The SMILES string of the molecule is Cc1cc(C=C2SC(=S)N(CC(=O)O)C2=O)cc2c1OC(C)C2. The van der Waals surface area contributed by atoms with E-state index in [1.165, 1.54) is 0 Å². The lowest BCUT2D eigenvalue weighted by Gasteiger charge is -2.10. The van der Waals surface area contributed by atoms with Gasteiger partial charge in [-0.05, 0) is 48.7 Å². The van der Waals surface area contributed by atoms with Gasteiger partial charge in [0.2, 0.25) is 0 Å². The van der Waals surface area contributed by atoms with Gasteiger partial charge < -0.3 is 9.84 Å². The molecular formula is C16H15NO4S2. The summed E-state index contributed by atoms with van der Waals surface area (Å²) in [7, 11) is 0. The zero-order chi connectivity index (χ0) is 16.7. The Labute approximate surface area is 143 Å². The summed E-state index contributed by atoms with van der Waals surface area (Å²) >= 11 is 6.23. The van der Waals surface area contributed by atoms with Gasteiger partial charge >= 0.3 is 5.97 Å². The second-order valence-electron chi connectivity index (χ2n) is 5.62. The minimum atomic E-state index is -1.08. The first kappa shape index (κ1) is 16.0. The van der Waals surface area contributed by atoms with Crippen molar-refractivity contribution in [3.63, 3.8) is 0 Å². The van der Waals surface area contributed by atoms with Crippen LogP contribution in [0.25, 0.3) is 6.08 Å². The van der Waals surface area contributed by atoms with Crippen molar-refractivity contribution in [3.8, 4) is 5.75 Å². The molecule has 1 aromatic carbocycles. The quantitative estimate of drug-likeness (QED) is 0.668. The van der Waals surface area contributed by atoms with E-state index in [-0.39, 0.29) is 16.3 Å². The van der Waals surface area contributed by atoms with Crippen LogP contribution in [-0.4, -0.2) is 38.9 Å². The van der Waals surface area contributed by atoms with Gasteiger partial charge in [0.05, 0.1) is 4.91 Å². The van der Waals surface area contributed by atoms with Gasteiger partial charge in [-0.3, -0.25) is 14.5 Å². The number of nitrogens with zero attached hydrogens (tertiary/aromatic N) is 1. The number of carbonyl (C=O) groups excluding carboxylic acids is 1. The predicted octanol–water partition coefficient (Wildman–Crippen LogP) is 2.60. The van der Waals surface area contributed by atoms with Crippen molar-refractivity contribution in [1.82, 2.24) is 4.90 Å². The Morgan fingerprint density at radius 1 is 1.57 bits per heavy atom. The summed E-state index contributed by atoms with van der Waals surface area (Å²) in [5.74, 6) is -0.514. The number of aryl methyl sites for hydroxylation is 1. The molecule has 3 rings (SSSR count). The molecule has 1 saturated heterocycles. The topological polar surface area (TPSA) is 66.8 Å². The summed E-state index contributed by atoms with van der Waals surface area (Å²) in [6.45, 7) is 3.59. The number of ether oxygens (including phenoxy) is 1. The van der Waals surface area contributed by atoms with E-state index >= 15 is 0 Å². The fourth-order valence-electron chi connectivity index (χ4n) is 2.76. The molecule has 1 atom stereocenters. The maximum absolute atomic E-state index is 12.3. The van der Waals surface area contributed by atoms with Crippen LogP contribution in [0.4, 0.5) is 0 Å². The molecule has 0 aliphatic carbocycles. The van der Waals surface area contributed by atoms with Crippen molar-refractivity contribution in [2.45, 2.75) is 26.4 Å². The van der Waals surface area contributed by atoms with Gasteiger partial charge in [-0.25, -0.2) is 0 Å². The number of thiocarbonyl (C=S) groups is 1. The molecule has 7 heteroatoms. The van der Waals surface area contributed by atoms with E-state index in [0.29, 0.717) is 4.91 Å². The van der Waals surface area contributed by atoms with E-state index in [1.54, 1.807) is 6.08 Å². The van der Waals surface area contributed by atoms with Crippen molar-refractivity contribution in [1.29, 1.82) is 0 Å². The van der Waals surface area contributed by atoms with Gasteiger partial charge in [-0.1, -0.05) is 24.0 Å². The smallest absolute Gasteiger partial charge is 0.323 e. The number of hydrogen-bond donors (Lipinski definition) is 1. The Kier molecular flexibility index (Phi) is 4.16. The minimum absolute atomic E-state index is 0.160. The Morgan fingerprint density at radius 3 is 3.00 bits per heavy atom. The number of carboxylic acid groups (broad SMARTS) is 1. The van der Waals surface area contributed by atoms with Crippen LogP contribution in [0.2, 0.25) is 0 Å². The number of thioether (sulfide) groups is 1. The van der Waals surface area contributed by atoms with Gasteiger partial charge in [-0.15, -0.1) is 0 Å². The number of carbonyl (C=O) groups is 2. The highest BCUT2D eigenvalue weighted by atomic mass is 32.2. The van der Waals surface area contributed by atoms with E-state index in [1.807, 2.05) is 26.0 Å².